The number of nitrogens with one attached hydrogen (secondary N) is 2. The quantitative estimate of drug-likeness (QED) is 0.396. The maximum absolute atomic E-state index is 13.1. The molecule has 1 heterocycles. The summed E-state index contributed by atoms with van der Waals surface area (Å²) in [7, 11) is 0. The molecule has 1 fully saturated rings. The highest BCUT2D eigenvalue weighted by molar-refractivity contribution is 6.61. The van der Waals surface area contributed by atoms with Crippen LogP contribution in [0.1, 0.15) is 22.3 Å². The second-order valence-corrected chi connectivity index (χ2v) is 7.44. The maximum Gasteiger partial charge on any atom is 0.332 e. The Labute approximate surface area is 179 Å². The first-order valence-corrected chi connectivity index (χ1v) is 9.57. The second kappa shape index (κ2) is 8.39. The van der Waals surface area contributed by atoms with Crippen LogP contribution < -0.4 is 21.4 Å². The van der Waals surface area contributed by atoms with Gasteiger partial charge in [0.2, 0.25) is 5.91 Å². The zero-order chi connectivity index (χ0) is 22.9. The highest BCUT2D eigenvalue weighted by Gasteiger charge is 2.50. The molecular formula is C22H23N5O4. The Kier molecular flexibility index (Phi) is 5.87. The minimum atomic E-state index is -1.54. The van der Waals surface area contributed by atoms with Crippen LogP contribution in [0.25, 0.3) is 0 Å². The summed E-state index contributed by atoms with van der Waals surface area (Å²) in [5.74, 6) is -3.85. The van der Waals surface area contributed by atoms with Gasteiger partial charge < -0.3 is 11.1 Å². The van der Waals surface area contributed by atoms with Crippen molar-refractivity contribution in [3.63, 3.8) is 0 Å². The number of imide groups is 1. The number of aryl methyl sites for hydroxylation is 4. The Morgan fingerprint density at radius 3 is 2.13 bits per heavy atom. The number of hydrazone groups is 1. The molecule has 160 valence electrons. The van der Waals surface area contributed by atoms with Crippen LogP contribution in [-0.2, 0) is 14.4 Å². The SMILES string of the molecule is Cc1ccc(NC(=O)C2C(=O)N(c3ccc(C)c(C)c3)C(=O)/C2=N\NC(N)=O)cc1C. The normalized spacial score (nSPS) is 17.2. The molecular weight excluding hydrogens is 398 g/mol. The second-order valence-electron chi connectivity index (χ2n) is 7.44. The van der Waals surface area contributed by atoms with Gasteiger partial charge >= 0.3 is 6.03 Å². The standard InChI is InChI=1S/C22H23N5O4/c1-11-5-7-15(9-13(11)3)24-19(28)17-18(25-26-22(23)31)21(30)27(20(17)29)16-8-6-12(2)14(4)10-16/h5-10,17H,1-4H3,(H,24,28)(H3,23,26,31)/b25-18-. The highest BCUT2D eigenvalue weighted by atomic mass is 16.2. The zero-order valence-electron chi connectivity index (χ0n) is 17.6. The number of amides is 5. The summed E-state index contributed by atoms with van der Waals surface area (Å²) in [5.41, 5.74) is 11.2. The van der Waals surface area contributed by atoms with Crippen molar-refractivity contribution in [2.75, 3.05) is 10.2 Å². The summed E-state index contributed by atoms with van der Waals surface area (Å²) in [6.07, 6.45) is 0. The summed E-state index contributed by atoms with van der Waals surface area (Å²) in [4.78, 5) is 51.1. The van der Waals surface area contributed by atoms with Gasteiger partial charge in [-0.2, -0.15) is 5.10 Å². The van der Waals surface area contributed by atoms with Gasteiger partial charge in [0, 0.05) is 5.69 Å². The van der Waals surface area contributed by atoms with E-state index < -0.39 is 35.4 Å². The monoisotopic (exact) mass is 421 g/mol. The number of rotatable bonds is 4. The lowest BCUT2D eigenvalue weighted by molar-refractivity contribution is -0.127. The molecule has 0 bridgehead atoms. The molecule has 0 saturated carbocycles. The van der Waals surface area contributed by atoms with E-state index in [1.54, 1.807) is 30.3 Å². The number of nitrogens with two attached hydrogens (primary N) is 1. The summed E-state index contributed by atoms with van der Waals surface area (Å²) in [5, 5.41) is 6.31. The molecule has 2 aromatic rings. The molecule has 1 aliphatic heterocycles. The molecule has 0 radical (unpaired) electrons. The molecule has 0 spiro atoms. The first-order chi connectivity index (χ1) is 14.6. The first-order valence-electron chi connectivity index (χ1n) is 9.57. The minimum Gasteiger partial charge on any atom is -0.350 e. The van der Waals surface area contributed by atoms with E-state index in [9.17, 15) is 19.2 Å². The lowest BCUT2D eigenvalue weighted by Gasteiger charge is -2.15. The van der Waals surface area contributed by atoms with Gasteiger partial charge in [0.05, 0.1) is 5.69 Å². The predicted molar refractivity (Wildman–Crippen MR) is 117 cm³/mol. The molecule has 0 aromatic heterocycles. The van der Waals surface area contributed by atoms with E-state index >= 15 is 0 Å². The van der Waals surface area contributed by atoms with E-state index in [1.165, 1.54) is 0 Å². The molecule has 1 atom stereocenters. The van der Waals surface area contributed by atoms with E-state index in [0.29, 0.717) is 11.4 Å². The van der Waals surface area contributed by atoms with Crippen LogP contribution in [0.5, 0.6) is 0 Å². The van der Waals surface area contributed by atoms with Crippen molar-refractivity contribution in [1.82, 2.24) is 5.43 Å². The maximum atomic E-state index is 13.1. The van der Waals surface area contributed by atoms with Crippen molar-refractivity contribution >= 4 is 40.8 Å². The smallest absolute Gasteiger partial charge is 0.332 e. The molecule has 1 aliphatic rings. The lowest BCUT2D eigenvalue weighted by atomic mass is 10.0. The number of anilines is 2. The summed E-state index contributed by atoms with van der Waals surface area (Å²) in [6.45, 7) is 7.57. The molecule has 3 rings (SSSR count). The number of nitrogens with zero attached hydrogens (tertiary/aromatic N) is 2. The van der Waals surface area contributed by atoms with Crippen LogP contribution >= 0.6 is 0 Å². The van der Waals surface area contributed by atoms with Gasteiger partial charge in [-0.05, 0) is 74.2 Å². The molecule has 2 aromatic carbocycles. The number of benzene rings is 2. The first kappa shape index (κ1) is 21.7. The molecule has 9 nitrogen and oxygen atoms in total. The van der Waals surface area contributed by atoms with Crippen molar-refractivity contribution in [3.8, 4) is 0 Å². The van der Waals surface area contributed by atoms with Gasteiger partial charge in [-0.15, -0.1) is 0 Å². The topological polar surface area (TPSA) is 134 Å². The summed E-state index contributed by atoms with van der Waals surface area (Å²) in [6, 6.07) is 9.32. The molecule has 31 heavy (non-hydrogen) atoms. The van der Waals surface area contributed by atoms with Crippen LogP contribution in [0.15, 0.2) is 41.5 Å². The third kappa shape index (κ3) is 4.30. The fraction of sp³-hybridized carbons (Fsp3) is 0.227. The Morgan fingerprint density at radius 1 is 0.935 bits per heavy atom. The fourth-order valence-electron chi connectivity index (χ4n) is 3.19. The van der Waals surface area contributed by atoms with Gasteiger partial charge in [-0.1, -0.05) is 12.1 Å². The molecule has 4 N–H and O–H groups in total. The van der Waals surface area contributed by atoms with Crippen LogP contribution in [-0.4, -0.2) is 29.5 Å². The zero-order valence-corrected chi connectivity index (χ0v) is 17.6. The van der Waals surface area contributed by atoms with E-state index in [-0.39, 0.29) is 0 Å². The van der Waals surface area contributed by atoms with Crippen LogP contribution in [0, 0.1) is 33.6 Å². The molecule has 1 saturated heterocycles. The van der Waals surface area contributed by atoms with Crippen LogP contribution in [0.4, 0.5) is 16.2 Å². The number of carbonyl (C=O) groups excluding carboxylic acids is 4. The number of hydrogen-bond donors (Lipinski definition) is 3. The summed E-state index contributed by atoms with van der Waals surface area (Å²) >= 11 is 0. The van der Waals surface area contributed by atoms with E-state index in [1.807, 2.05) is 39.2 Å². The molecule has 9 heteroatoms. The number of primary amides is 1. The van der Waals surface area contributed by atoms with Crippen molar-refractivity contribution < 1.29 is 19.2 Å². The number of carbonyl (C=O) groups is 4. The number of hydrogen-bond acceptors (Lipinski definition) is 5. The fourth-order valence-corrected chi connectivity index (χ4v) is 3.19. The third-order valence-electron chi connectivity index (χ3n) is 5.23. The third-order valence-corrected chi connectivity index (χ3v) is 5.23. The van der Waals surface area contributed by atoms with Gasteiger partial charge in [0.25, 0.3) is 11.8 Å². The van der Waals surface area contributed by atoms with E-state index in [2.05, 4.69) is 10.4 Å². The van der Waals surface area contributed by atoms with Gasteiger partial charge in [0.1, 0.15) is 5.71 Å². The van der Waals surface area contributed by atoms with Crippen molar-refractivity contribution in [2.45, 2.75) is 27.7 Å². The van der Waals surface area contributed by atoms with Gasteiger partial charge in [0.15, 0.2) is 5.92 Å². The Bertz CT molecular complexity index is 1140. The van der Waals surface area contributed by atoms with Crippen molar-refractivity contribution in [1.29, 1.82) is 0 Å². The van der Waals surface area contributed by atoms with Gasteiger partial charge in [-0.3, -0.25) is 14.4 Å². The predicted octanol–water partition coefficient (Wildman–Crippen LogP) is 2.07. The van der Waals surface area contributed by atoms with Crippen LogP contribution in [0.3, 0.4) is 0 Å². The molecule has 1 unspecified atom stereocenters. The highest BCUT2D eigenvalue weighted by Crippen LogP contribution is 2.28. The average Bonchev–Trinajstić information content (AvgIpc) is 2.95. The Balaban J connectivity index is 1.99. The van der Waals surface area contributed by atoms with Crippen LogP contribution in [0.2, 0.25) is 0 Å². The minimum absolute atomic E-state index is 0.311. The Hall–Kier alpha value is -4.01. The average molecular weight is 421 g/mol. The molecule has 0 aliphatic carbocycles. The van der Waals surface area contributed by atoms with E-state index in [0.717, 1.165) is 27.2 Å². The number of urea groups is 1. The van der Waals surface area contributed by atoms with Crippen molar-refractivity contribution in [3.05, 3.63) is 58.7 Å². The lowest BCUT2D eigenvalue weighted by Crippen LogP contribution is -2.35. The largest absolute Gasteiger partial charge is 0.350 e. The molecule has 5 amide bonds. The summed E-state index contributed by atoms with van der Waals surface area (Å²) < 4.78 is 0. The Morgan fingerprint density at radius 2 is 1.55 bits per heavy atom. The van der Waals surface area contributed by atoms with Gasteiger partial charge in [-0.25, -0.2) is 15.1 Å². The van der Waals surface area contributed by atoms with Crippen molar-refractivity contribution in [2.24, 2.45) is 16.8 Å². The van der Waals surface area contributed by atoms with E-state index in [4.69, 9.17) is 5.73 Å².